The van der Waals surface area contributed by atoms with Crippen LogP contribution >= 0.6 is 0 Å². The minimum Gasteiger partial charge on any atom is -0.508 e. The molecular weight excluding hydrogens is 857 g/mol. The molecule has 5 amide bonds. The molecule has 0 spiro atoms. The molecule has 3 N–H and O–H groups in total. The minimum atomic E-state index is -1.21. The number of benzene rings is 2. The average molecular weight is 921 g/mol. The van der Waals surface area contributed by atoms with E-state index in [9.17, 15) is 33.9 Å². The van der Waals surface area contributed by atoms with Crippen molar-refractivity contribution in [3.05, 3.63) is 71.5 Å². The van der Waals surface area contributed by atoms with Gasteiger partial charge in [0.15, 0.2) is 0 Å². The fourth-order valence-electron chi connectivity index (χ4n) is 9.61. The molecular formula is C50H64N8O9. The van der Waals surface area contributed by atoms with Gasteiger partial charge in [0.05, 0.1) is 32.0 Å². The number of aryl methyl sites for hydroxylation is 1. The number of rotatable bonds is 11. The highest BCUT2D eigenvalue weighted by molar-refractivity contribution is 5.97. The Morgan fingerprint density at radius 3 is 2.52 bits per heavy atom. The summed E-state index contributed by atoms with van der Waals surface area (Å²) in [5.74, 6) is -3.18. The van der Waals surface area contributed by atoms with E-state index in [-0.39, 0.29) is 50.2 Å². The first-order valence-electron chi connectivity index (χ1n) is 23.0. The highest BCUT2D eigenvalue weighted by atomic mass is 16.5. The molecule has 2 aromatic heterocycles. The number of esters is 1. The van der Waals surface area contributed by atoms with Crippen LogP contribution in [0.15, 0.2) is 54.9 Å². The fraction of sp³-hybridized carbons (Fsp3) is 0.500. The molecule has 2 aromatic carbocycles. The topological polar surface area (TPSA) is 196 Å². The molecule has 1 unspecified atom stereocenters. The molecule has 17 heteroatoms. The van der Waals surface area contributed by atoms with Gasteiger partial charge in [0.25, 0.3) is 5.91 Å². The summed E-state index contributed by atoms with van der Waals surface area (Å²) in [5.41, 5.74) is 9.55. The number of hydrogen-bond acceptors (Lipinski definition) is 11. The van der Waals surface area contributed by atoms with E-state index >= 15 is 0 Å². The maximum atomic E-state index is 14.7. The first kappa shape index (κ1) is 48.6. The Bertz CT molecular complexity index is 2570. The van der Waals surface area contributed by atoms with Gasteiger partial charge >= 0.3 is 5.97 Å². The number of aromatic nitrogens is 2. The maximum absolute atomic E-state index is 14.7. The fourth-order valence-corrected chi connectivity index (χ4v) is 9.61. The molecule has 67 heavy (non-hydrogen) atoms. The van der Waals surface area contributed by atoms with Gasteiger partial charge in [-0.25, -0.2) is 5.43 Å². The largest absolute Gasteiger partial charge is 0.508 e. The molecule has 2 saturated heterocycles. The maximum Gasteiger partial charge on any atom is 0.324 e. The summed E-state index contributed by atoms with van der Waals surface area (Å²) >= 11 is 0. The van der Waals surface area contributed by atoms with Gasteiger partial charge in [0.1, 0.15) is 29.9 Å². The molecule has 4 aromatic rings. The van der Waals surface area contributed by atoms with Crippen molar-refractivity contribution in [2.24, 2.45) is 11.3 Å². The van der Waals surface area contributed by atoms with Gasteiger partial charge in [-0.2, -0.15) is 0 Å². The Hall–Kier alpha value is -6.33. The standard InChI is InChI=1S/C50H64N8O9/c1-10-56-41-14-13-32-22-36(41)37(45(56)38-24-51-16-15-33(38)27-66-9)23-50(5,6)28-67-49(65)39-12-11-17-58(53-39)47(63)40(20-31-18-34(32)21-35(60)19-31)52-46(62)44(29(2)3)55(8)43(61)26-54(7)48(64)42-25-57(42)30(4)59/h13-16,18-19,21-22,24,29,39-40,42,44,53,60H,10-12,17,20,23,25-28H2,1-9H3,(H,52,62)/t39-,40-,42+,44?,57?/m0/s1. The van der Waals surface area contributed by atoms with Crippen molar-refractivity contribution in [3.63, 3.8) is 0 Å². The number of nitrogens with zero attached hydrogens (tertiary/aromatic N) is 6. The van der Waals surface area contributed by atoms with E-state index in [1.807, 2.05) is 24.4 Å². The number of fused-ring (bicyclic) bond motifs is 6. The van der Waals surface area contributed by atoms with Gasteiger partial charge in [0, 0.05) is 81.9 Å². The van der Waals surface area contributed by atoms with Crippen molar-refractivity contribution in [2.45, 2.75) is 105 Å². The summed E-state index contributed by atoms with van der Waals surface area (Å²) in [6, 6.07) is 9.55. The first-order chi connectivity index (χ1) is 31.8. The second-order valence-corrected chi connectivity index (χ2v) is 19.3. The number of carbonyl (C=O) groups excluding carboxylic acids is 6. The smallest absolute Gasteiger partial charge is 0.324 e. The molecule has 2 fully saturated rings. The highest BCUT2D eigenvalue weighted by Crippen LogP contribution is 2.41. The summed E-state index contributed by atoms with van der Waals surface area (Å²) in [6.45, 7) is 12.5. The third-order valence-electron chi connectivity index (χ3n) is 13.1. The summed E-state index contributed by atoms with van der Waals surface area (Å²) in [7, 11) is 4.62. The quantitative estimate of drug-likeness (QED) is 0.145. The molecule has 5 heterocycles. The Labute approximate surface area is 391 Å². The summed E-state index contributed by atoms with van der Waals surface area (Å²) in [4.78, 5) is 90.0. The van der Waals surface area contributed by atoms with Crippen LogP contribution in [0.4, 0.5) is 0 Å². The normalized spacial score (nSPS) is 19.9. The van der Waals surface area contributed by atoms with Crippen LogP contribution in [-0.4, -0.2) is 141 Å². The van der Waals surface area contributed by atoms with Crippen LogP contribution in [0, 0.1) is 11.3 Å². The molecule has 3 aliphatic heterocycles. The predicted octanol–water partition coefficient (Wildman–Crippen LogP) is 4.06. The van der Waals surface area contributed by atoms with E-state index in [1.54, 1.807) is 39.3 Å². The number of aromatic hydroxyl groups is 1. The predicted molar refractivity (Wildman–Crippen MR) is 251 cm³/mol. The first-order valence-corrected chi connectivity index (χ1v) is 23.0. The van der Waals surface area contributed by atoms with Gasteiger partial charge in [-0.05, 0) is 90.3 Å². The molecule has 0 saturated carbocycles. The molecule has 6 bridgehead atoms. The second-order valence-electron chi connectivity index (χ2n) is 19.3. The van der Waals surface area contributed by atoms with Gasteiger partial charge < -0.3 is 39.2 Å². The Morgan fingerprint density at radius 2 is 1.84 bits per heavy atom. The third kappa shape index (κ3) is 10.5. The van der Waals surface area contributed by atoms with Gasteiger partial charge in [-0.15, -0.1) is 0 Å². The number of phenolic OH excluding ortho intramolecular Hbond substituents is 1. The SMILES string of the molecule is CCn1c(-c2cnccc2COC)c2c3cc(ccc31)-c1cc(O)cc(c1)C[C@H](NC(=O)C(C(C)C)N(C)C(=O)CN(C)C(=O)[C@H]1CN1C(C)=O)C(=O)N1CCC[C@H](N1)C(=O)OCC(C)(C)C2. The van der Waals surface area contributed by atoms with Crippen molar-refractivity contribution in [3.8, 4) is 28.1 Å². The lowest BCUT2D eigenvalue weighted by Crippen LogP contribution is -2.62. The zero-order chi connectivity index (χ0) is 48.5. The van der Waals surface area contributed by atoms with Crippen LogP contribution in [0.25, 0.3) is 33.3 Å². The lowest BCUT2D eigenvalue weighted by molar-refractivity contribution is -0.155. The average Bonchev–Trinajstić information content (AvgIpc) is 4.05. The Morgan fingerprint density at radius 1 is 1.07 bits per heavy atom. The zero-order valence-corrected chi connectivity index (χ0v) is 40.1. The van der Waals surface area contributed by atoms with Gasteiger partial charge in [-0.3, -0.25) is 38.8 Å². The Balaban J connectivity index is 1.27. The monoisotopic (exact) mass is 920 g/mol. The summed E-state index contributed by atoms with van der Waals surface area (Å²) in [6.07, 6.45) is 5.01. The third-order valence-corrected chi connectivity index (χ3v) is 13.1. The summed E-state index contributed by atoms with van der Waals surface area (Å²) in [5, 5.41) is 16.6. The van der Waals surface area contributed by atoms with E-state index in [4.69, 9.17) is 9.47 Å². The van der Waals surface area contributed by atoms with Crippen LogP contribution in [0.2, 0.25) is 0 Å². The molecule has 17 nitrogen and oxygen atoms in total. The van der Waals surface area contributed by atoms with Crippen LogP contribution in [-0.2, 0) is 64.2 Å². The van der Waals surface area contributed by atoms with Crippen LogP contribution in [0.5, 0.6) is 5.75 Å². The molecule has 0 radical (unpaired) electrons. The number of nitrogens with one attached hydrogen (secondary N) is 2. The van der Waals surface area contributed by atoms with Crippen LogP contribution in [0.1, 0.15) is 71.1 Å². The van der Waals surface area contributed by atoms with E-state index in [2.05, 4.69) is 53.2 Å². The van der Waals surface area contributed by atoms with E-state index in [0.717, 1.165) is 38.9 Å². The Kier molecular flexibility index (Phi) is 14.4. The van der Waals surface area contributed by atoms with Crippen molar-refractivity contribution in [1.82, 2.24) is 40.0 Å². The van der Waals surface area contributed by atoms with Crippen molar-refractivity contribution >= 4 is 46.4 Å². The van der Waals surface area contributed by atoms with Crippen molar-refractivity contribution < 1.29 is 43.3 Å². The van der Waals surface area contributed by atoms with Crippen molar-refractivity contribution in [2.75, 3.05) is 47.4 Å². The minimum absolute atomic E-state index is 0.0344. The molecule has 7 rings (SSSR count). The number of pyridine rings is 1. The highest BCUT2D eigenvalue weighted by Gasteiger charge is 2.45. The van der Waals surface area contributed by atoms with Gasteiger partial charge in [0.2, 0.25) is 23.6 Å². The number of ether oxygens (including phenoxy) is 2. The van der Waals surface area contributed by atoms with Crippen molar-refractivity contribution in [1.29, 1.82) is 0 Å². The number of phenols is 1. The van der Waals surface area contributed by atoms with Crippen LogP contribution < -0.4 is 10.7 Å². The van der Waals surface area contributed by atoms with E-state index in [1.165, 1.54) is 40.7 Å². The van der Waals surface area contributed by atoms with E-state index < -0.39 is 59.2 Å². The molecule has 358 valence electrons. The van der Waals surface area contributed by atoms with Crippen LogP contribution in [0.3, 0.4) is 0 Å². The molecule has 4 atom stereocenters. The second kappa shape index (κ2) is 19.9. The molecule has 0 aliphatic carbocycles. The van der Waals surface area contributed by atoms with Gasteiger partial charge in [-0.1, -0.05) is 39.8 Å². The number of carbonyl (C=O) groups is 6. The lowest BCUT2D eigenvalue weighted by Gasteiger charge is -2.37. The summed E-state index contributed by atoms with van der Waals surface area (Å²) < 4.78 is 14.0. The number of likely N-dealkylation sites (N-methyl/N-ethyl adjacent to an activating group) is 2. The zero-order valence-electron chi connectivity index (χ0n) is 40.1. The number of cyclic esters (lactones) is 1. The number of methoxy groups -OCH3 is 1. The number of amides is 5. The number of hydrogen-bond donors (Lipinski definition) is 3. The van der Waals surface area contributed by atoms with E-state index in [0.29, 0.717) is 43.5 Å². The lowest BCUT2D eigenvalue weighted by atomic mass is 9.84. The number of hydrazine groups is 1. The molecule has 3 aliphatic rings.